The highest BCUT2D eigenvalue weighted by atomic mass is 79.9. The molecule has 0 bridgehead atoms. The quantitative estimate of drug-likeness (QED) is 0.856. The Bertz CT molecular complexity index is 555. The fourth-order valence-electron chi connectivity index (χ4n) is 1.62. The Balaban J connectivity index is 2.03. The number of benzene rings is 2. The molecule has 18 heavy (non-hydrogen) atoms. The number of hydrogen-bond donors (Lipinski definition) is 2. The zero-order valence-corrected chi connectivity index (χ0v) is 11.3. The average Bonchev–Trinajstić information content (AvgIpc) is 2.34. The number of nitrogens with one attached hydrogen (secondary N) is 1. The molecule has 0 spiro atoms. The van der Waals surface area contributed by atoms with Crippen molar-refractivity contribution in [2.24, 2.45) is 0 Å². The minimum atomic E-state index is -0.0739. The maximum absolute atomic E-state index is 11.8. The normalized spacial score (nSPS) is 10.1. The fraction of sp³-hybridized carbons (Fsp3) is 0.0714. The van der Waals surface area contributed by atoms with Gasteiger partial charge in [-0.15, -0.1) is 0 Å². The van der Waals surface area contributed by atoms with Gasteiger partial charge in [0.1, 0.15) is 0 Å². The first-order chi connectivity index (χ1) is 8.65. The van der Waals surface area contributed by atoms with Crippen LogP contribution in [0, 0.1) is 0 Å². The van der Waals surface area contributed by atoms with Crippen molar-refractivity contribution in [3.05, 3.63) is 58.6 Å². The third-order valence-electron chi connectivity index (χ3n) is 2.50. The van der Waals surface area contributed by atoms with E-state index in [0.29, 0.717) is 17.8 Å². The lowest BCUT2D eigenvalue weighted by molar-refractivity contribution is -0.115. The van der Waals surface area contributed by atoms with E-state index in [1.54, 1.807) is 12.1 Å². The summed E-state index contributed by atoms with van der Waals surface area (Å²) in [4.78, 5) is 11.8. The van der Waals surface area contributed by atoms with Crippen LogP contribution in [-0.2, 0) is 11.2 Å². The third kappa shape index (κ3) is 3.34. The summed E-state index contributed by atoms with van der Waals surface area (Å²) in [6.07, 6.45) is 0.344. The molecule has 0 aliphatic rings. The van der Waals surface area contributed by atoms with Crippen molar-refractivity contribution in [1.29, 1.82) is 0 Å². The van der Waals surface area contributed by atoms with Gasteiger partial charge in [-0.05, 0) is 23.8 Å². The Hall–Kier alpha value is -1.81. The van der Waals surface area contributed by atoms with Crippen LogP contribution in [0.1, 0.15) is 5.56 Å². The Morgan fingerprint density at radius 1 is 1.17 bits per heavy atom. The van der Waals surface area contributed by atoms with Crippen LogP contribution in [-0.4, -0.2) is 5.91 Å². The summed E-state index contributed by atoms with van der Waals surface area (Å²) in [5.74, 6) is -0.0739. The fourth-order valence-corrected chi connectivity index (χ4v) is 2.00. The maximum Gasteiger partial charge on any atom is 0.228 e. The summed E-state index contributed by atoms with van der Waals surface area (Å²) in [6, 6.07) is 15.0. The Labute approximate surface area is 114 Å². The molecular formula is C14H13BrN2O. The molecule has 2 aromatic carbocycles. The van der Waals surface area contributed by atoms with E-state index in [4.69, 9.17) is 5.73 Å². The van der Waals surface area contributed by atoms with Crippen LogP contribution >= 0.6 is 15.9 Å². The van der Waals surface area contributed by atoms with Gasteiger partial charge in [0.2, 0.25) is 5.91 Å². The maximum atomic E-state index is 11.8. The second kappa shape index (κ2) is 5.69. The molecule has 0 radical (unpaired) electrons. The van der Waals surface area contributed by atoms with E-state index in [0.717, 1.165) is 10.0 Å². The summed E-state index contributed by atoms with van der Waals surface area (Å²) in [5, 5.41) is 2.80. The zero-order valence-electron chi connectivity index (χ0n) is 9.69. The molecule has 3 N–H and O–H groups in total. The number of anilines is 2. The first kappa shape index (κ1) is 12.6. The number of carbonyl (C=O) groups is 1. The molecule has 0 unspecified atom stereocenters. The molecule has 0 fully saturated rings. The molecule has 2 aromatic rings. The van der Waals surface area contributed by atoms with Gasteiger partial charge in [0.05, 0.1) is 17.8 Å². The molecule has 0 saturated heterocycles. The topological polar surface area (TPSA) is 55.1 Å². The van der Waals surface area contributed by atoms with Gasteiger partial charge in [-0.2, -0.15) is 0 Å². The number of nitrogens with two attached hydrogens (primary N) is 1. The van der Waals surface area contributed by atoms with E-state index in [2.05, 4.69) is 21.2 Å². The van der Waals surface area contributed by atoms with Gasteiger partial charge in [0.25, 0.3) is 0 Å². The Morgan fingerprint density at radius 2 is 1.89 bits per heavy atom. The Morgan fingerprint density at radius 3 is 2.56 bits per heavy atom. The van der Waals surface area contributed by atoms with Gasteiger partial charge in [0.15, 0.2) is 0 Å². The molecule has 0 atom stereocenters. The third-order valence-corrected chi connectivity index (χ3v) is 2.99. The summed E-state index contributed by atoms with van der Waals surface area (Å²) in [5.41, 5.74) is 7.98. The van der Waals surface area contributed by atoms with E-state index in [1.165, 1.54) is 0 Å². The van der Waals surface area contributed by atoms with E-state index in [-0.39, 0.29) is 5.91 Å². The average molecular weight is 305 g/mol. The molecule has 0 aromatic heterocycles. The monoisotopic (exact) mass is 304 g/mol. The number of carbonyl (C=O) groups excluding carboxylic acids is 1. The van der Waals surface area contributed by atoms with Crippen molar-refractivity contribution < 1.29 is 4.79 Å². The molecule has 4 heteroatoms. The van der Waals surface area contributed by atoms with E-state index < -0.39 is 0 Å². The predicted octanol–water partition coefficient (Wildman–Crippen LogP) is 3.21. The van der Waals surface area contributed by atoms with Gasteiger partial charge in [-0.1, -0.05) is 46.3 Å². The van der Waals surface area contributed by atoms with Crippen LogP contribution in [0.2, 0.25) is 0 Å². The van der Waals surface area contributed by atoms with Crippen molar-refractivity contribution in [3.8, 4) is 0 Å². The lowest BCUT2D eigenvalue weighted by Crippen LogP contribution is -2.15. The number of hydrogen-bond acceptors (Lipinski definition) is 2. The van der Waals surface area contributed by atoms with Crippen LogP contribution in [0.3, 0.4) is 0 Å². The first-order valence-corrected chi connectivity index (χ1v) is 6.33. The van der Waals surface area contributed by atoms with Gasteiger partial charge < -0.3 is 11.1 Å². The van der Waals surface area contributed by atoms with Crippen LogP contribution < -0.4 is 11.1 Å². The molecule has 2 rings (SSSR count). The van der Waals surface area contributed by atoms with Crippen LogP contribution in [0.15, 0.2) is 53.0 Å². The summed E-state index contributed by atoms with van der Waals surface area (Å²) in [6.45, 7) is 0. The van der Waals surface area contributed by atoms with Gasteiger partial charge in [-0.3, -0.25) is 4.79 Å². The highest BCUT2D eigenvalue weighted by molar-refractivity contribution is 9.10. The second-order valence-corrected chi connectivity index (χ2v) is 4.86. The summed E-state index contributed by atoms with van der Waals surface area (Å²) in [7, 11) is 0. The standard InChI is InChI=1S/C14H13BrN2O/c15-11-6-7-13(12(16)9-11)17-14(18)8-10-4-2-1-3-5-10/h1-7,9H,8,16H2,(H,17,18). The predicted molar refractivity (Wildman–Crippen MR) is 77.3 cm³/mol. The lowest BCUT2D eigenvalue weighted by atomic mass is 10.1. The molecule has 0 aliphatic carbocycles. The van der Waals surface area contributed by atoms with Crippen LogP contribution in [0.5, 0.6) is 0 Å². The minimum Gasteiger partial charge on any atom is -0.397 e. The van der Waals surface area contributed by atoms with Crippen molar-refractivity contribution in [2.45, 2.75) is 6.42 Å². The molecule has 1 amide bonds. The van der Waals surface area contributed by atoms with Gasteiger partial charge in [-0.25, -0.2) is 0 Å². The van der Waals surface area contributed by atoms with Crippen molar-refractivity contribution in [2.75, 3.05) is 11.1 Å². The highest BCUT2D eigenvalue weighted by Gasteiger charge is 2.06. The van der Waals surface area contributed by atoms with Gasteiger partial charge >= 0.3 is 0 Å². The van der Waals surface area contributed by atoms with E-state index in [1.807, 2.05) is 36.4 Å². The smallest absolute Gasteiger partial charge is 0.228 e. The SMILES string of the molecule is Nc1cc(Br)ccc1NC(=O)Cc1ccccc1. The Kier molecular flexibility index (Phi) is 3.99. The van der Waals surface area contributed by atoms with E-state index in [9.17, 15) is 4.79 Å². The van der Waals surface area contributed by atoms with Crippen molar-refractivity contribution in [3.63, 3.8) is 0 Å². The largest absolute Gasteiger partial charge is 0.397 e. The lowest BCUT2D eigenvalue weighted by Gasteiger charge is -2.08. The number of halogens is 1. The zero-order chi connectivity index (χ0) is 13.0. The van der Waals surface area contributed by atoms with Gasteiger partial charge in [0, 0.05) is 4.47 Å². The molecule has 92 valence electrons. The molecule has 0 aliphatic heterocycles. The highest BCUT2D eigenvalue weighted by Crippen LogP contribution is 2.23. The summed E-state index contributed by atoms with van der Waals surface area (Å²) < 4.78 is 0.890. The molecular weight excluding hydrogens is 292 g/mol. The van der Waals surface area contributed by atoms with Crippen molar-refractivity contribution >= 4 is 33.2 Å². The molecule has 0 heterocycles. The first-order valence-electron chi connectivity index (χ1n) is 5.54. The second-order valence-electron chi connectivity index (χ2n) is 3.94. The number of rotatable bonds is 3. The number of amides is 1. The molecule has 0 saturated carbocycles. The van der Waals surface area contributed by atoms with Crippen LogP contribution in [0.4, 0.5) is 11.4 Å². The van der Waals surface area contributed by atoms with Crippen molar-refractivity contribution in [1.82, 2.24) is 0 Å². The van der Waals surface area contributed by atoms with Crippen LogP contribution in [0.25, 0.3) is 0 Å². The van der Waals surface area contributed by atoms with E-state index >= 15 is 0 Å². The minimum absolute atomic E-state index is 0.0739. The summed E-state index contributed by atoms with van der Waals surface area (Å²) >= 11 is 3.32. The number of nitrogen functional groups attached to an aromatic ring is 1. The molecule has 3 nitrogen and oxygen atoms in total.